The van der Waals surface area contributed by atoms with Crippen LogP contribution in [0.3, 0.4) is 0 Å². The van der Waals surface area contributed by atoms with Gasteiger partial charge in [-0.1, -0.05) is 6.58 Å². The summed E-state index contributed by atoms with van der Waals surface area (Å²) >= 11 is 0. The lowest BCUT2D eigenvalue weighted by atomic mass is 10.0. The molecule has 0 bridgehead atoms. The maximum absolute atomic E-state index is 12.3. The highest BCUT2D eigenvalue weighted by molar-refractivity contribution is 5.95. The first-order valence-corrected chi connectivity index (χ1v) is 3.97. The number of pyridine rings is 1. The van der Waals surface area contributed by atoms with Crippen molar-refractivity contribution in [3.8, 4) is 0 Å². The maximum Gasteiger partial charge on any atom is 0.338 e. The van der Waals surface area contributed by atoms with Crippen molar-refractivity contribution >= 4 is 11.5 Å². The van der Waals surface area contributed by atoms with Crippen LogP contribution in [-0.4, -0.2) is 24.7 Å². The molecule has 0 saturated carbocycles. The van der Waals surface area contributed by atoms with Crippen LogP contribution in [0.2, 0.25) is 0 Å². The molecule has 0 radical (unpaired) electrons. The Morgan fingerprint density at radius 1 is 1.64 bits per heavy atom. The predicted molar refractivity (Wildman–Crippen MR) is 50.6 cm³/mol. The summed E-state index contributed by atoms with van der Waals surface area (Å²) in [4.78, 5) is 15.0. The molecule has 0 amide bonds. The van der Waals surface area contributed by atoms with E-state index in [1.165, 1.54) is 25.6 Å². The average Bonchev–Trinajstić information content (AvgIpc) is 2.27. The summed E-state index contributed by atoms with van der Waals surface area (Å²) in [6, 6.07) is 1.47. The molecule has 1 aromatic rings. The molecule has 0 aliphatic rings. The van der Waals surface area contributed by atoms with Gasteiger partial charge in [0.05, 0.1) is 12.7 Å². The van der Waals surface area contributed by atoms with E-state index in [0.29, 0.717) is 5.56 Å². The number of carbonyl (C=O) groups excluding carboxylic acids is 1. The van der Waals surface area contributed by atoms with Crippen molar-refractivity contribution < 1.29 is 13.9 Å². The third-order valence-electron chi connectivity index (χ3n) is 1.77. The molecular formula is C10H10FNO2. The third kappa shape index (κ3) is 1.96. The van der Waals surface area contributed by atoms with Gasteiger partial charge in [0.15, 0.2) is 0 Å². The number of methoxy groups -OCH3 is 1. The first-order valence-electron chi connectivity index (χ1n) is 3.97. The molecule has 1 rings (SSSR count). The van der Waals surface area contributed by atoms with Crippen molar-refractivity contribution in [2.45, 2.75) is 0 Å². The van der Waals surface area contributed by atoms with Gasteiger partial charge >= 0.3 is 5.97 Å². The number of hydrogen-bond donors (Lipinski definition) is 0. The molecule has 74 valence electrons. The Kier molecular flexibility index (Phi) is 3.34. The van der Waals surface area contributed by atoms with E-state index in [9.17, 15) is 9.18 Å². The second-order valence-corrected chi connectivity index (χ2v) is 2.65. The summed E-state index contributed by atoms with van der Waals surface area (Å²) in [6.45, 7) is 2.79. The van der Waals surface area contributed by atoms with Crippen molar-refractivity contribution in [3.05, 3.63) is 36.2 Å². The molecule has 0 aliphatic carbocycles. The monoisotopic (exact) mass is 195 g/mol. The van der Waals surface area contributed by atoms with E-state index in [1.807, 2.05) is 0 Å². The third-order valence-corrected chi connectivity index (χ3v) is 1.77. The quantitative estimate of drug-likeness (QED) is 0.691. The van der Waals surface area contributed by atoms with Crippen molar-refractivity contribution in [1.29, 1.82) is 0 Å². The molecule has 0 saturated heterocycles. The van der Waals surface area contributed by atoms with Crippen molar-refractivity contribution in [3.63, 3.8) is 0 Å². The van der Waals surface area contributed by atoms with E-state index in [-0.39, 0.29) is 11.1 Å². The number of nitrogens with zero attached hydrogens (tertiary/aromatic N) is 1. The van der Waals surface area contributed by atoms with Crippen LogP contribution in [-0.2, 0) is 4.74 Å². The SMILES string of the molecule is C=C(CF)c1cnccc1C(=O)OC. The molecule has 0 atom stereocenters. The van der Waals surface area contributed by atoms with Gasteiger partial charge in [0.1, 0.15) is 6.67 Å². The van der Waals surface area contributed by atoms with E-state index in [2.05, 4.69) is 16.3 Å². The van der Waals surface area contributed by atoms with Gasteiger partial charge in [-0.2, -0.15) is 0 Å². The van der Waals surface area contributed by atoms with E-state index < -0.39 is 12.6 Å². The lowest BCUT2D eigenvalue weighted by molar-refractivity contribution is 0.0600. The van der Waals surface area contributed by atoms with E-state index >= 15 is 0 Å². The zero-order valence-corrected chi connectivity index (χ0v) is 7.79. The smallest absolute Gasteiger partial charge is 0.338 e. The highest BCUT2D eigenvalue weighted by Gasteiger charge is 2.13. The zero-order chi connectivity index (χ0) is 10.6. The van der Waals surface area contributed by atoms with Gasteiger partial charge in [-0.25, -0.2) is 9.18 Å². The van der Waals surface area contributed by atoms with Gasteiger partial charge in [-0.05, 0) is 11.6 Å². The van der Waals surface area contributed by atoms with Crippen LogP contribution in [0.15, 0.2) is 25.0 Å². The molecule has 3 nitrogen and oxygen atoms in total. The van der Waals surface area contributed by atoms with E-state index in [4.69, 9.17) is 0 Å². The predicted octanol–water partition coefficient (Wildman–Crippen LogP) is 1.85. The first kappa shape index (κ1) is 10.4. The molecule has 4 heteroatoms. The largest absolute Gasteiger partial charge is 0.465 e. The van der Waals surface area contributed by atoms with E-state index in [1.54, 1.807) is 0 Å². The van der Waals surface area contributed by atoms with Crippen molar-refractivity contribution in [2.24, 2.45) is 0 Å². The minimum atomic E-state index is -0.713. The van der Waals surface area contributed by atoms with Crippen LogP contribution in [0.1, 0.15) is 15.9 Å². The van der Waals surface area contributed by atoms with Crippen molar-refractivity contribution in [2.75, 3.05) is 13.8 Å². The number of rotatable bonds is 3. The summed E-state index contributed by atoms with van der Waals surface area (Å²) in [6.07, 6.45) is 2.84. The normalized spacial score (nSPS) is 9.57. The zero-order valence-electron chi connectivity index (χ0n) is 7.79. The lowest BCUT2D eigenvalue weighted by Gasteiger charge is -2.06. The van der Waals surface area contributed by atoms with Gasteiger partial charge < -0.3 is 4.74 Å². The van der Waals surface area contributed by atoms with Crippen LogP contribution in [0, 0.1) is 0 Å². The second-order valence-electron chi connectivity index (χ2n) is 2.65. The number of hydrogen-bond acceptors (Lipinski definition) is 3. The number of esters is 1. The first-order chi connectivity index (χ1) is 6.70. The molecule has 1 heterocycles. The number of aromatic nitrogens is 1. The Bertz CT molecular complexity index is 328. The standard InChI is InChI=1S/C10H10FNO2/c1-7(5-11)9-6-12-4-3-8(9)10(13)14-2/h3-4,6H,1,5H2,2H3. The Morgan fingerprint density at radius 3 is 2.93 bits per heavy atom. The summed E-state index contributed by atoms with van der Waals surface area (Å²) < 4.78 is 16.9. The fraction of sp³-hybridized carbons (Fsp3) is 0.200. The van der Waals surface area contributed by atoms with Crippen LogP contribution in [0.5, 0.6) is 0 Å². The Balaban J connectivity index is 3.15. The number of halogens is 1. The molecule has 1 aromatic heterocycles. The summed E-state index contributed by atoms with van der Waals surface area (Å²) in [5.41, 5.74) is 0.894. The van der Waals surface area contributed by atoms with Crippen molar-refractivity contribution in [1.82, 2.24) is 4.98 Å². The molecule has 0 N–H and O–H groups in total. The van der Waals surface area contributed by atoms with Crippen LogP contribution in [0.25, 0.3) is 5.57 Å². The molecule has 14 heavy (non-hydrogen) atoms. The highest BCUT2D eigenvalue weighted by atomic mass is 19.1. The minimum Gasteiger partial charge on any atom is -0.465 e. The van der Waals surface area contributed by atoms with Crippen LogP contribution < -0.4 is 0 Å². The molecule has 0 aromatic carbocycles. The minimum absolute atomic E-state index is 0.221. The fourth-order valence-electron chi connectivity index (χ4n) is 1.04. The molecule has 0 aliphatic heterocycles. The Hall–Kier alpha value is -1.71. The molecule has 0 fully saturated rings. The number of ether oxygens (including phenoxy) is 1. The van der Waals surface area contributed by atoms with E-state index in [0.717, 1.165) is 0 Å². The van der Waals surface area contributed by atoms with Gasteiger partial charge in [-0.15, -0.1) is 0 Å². The second kappa shape index (κ2) is 4.50. The lowest BCUT2D eigenvalue weighted by Crippen LogP contribution is -2.06. The highest BCUT2D eigenvalue weighted by Crippen LogP contribution is 2.17. The van der Waals surface area contributed by atoms with Gasteiger partial charge in [-0.3, -0.25) is 4.98 Å². The van der Waals surface area contributed by atoms with Crippen LogP contribution in [0.4, 0.5) is 4.39 Å². The summed E-state index contributed by atoms with van der Waals surface area (Å²) in [5.74, 6) is -0.517. The Morgan fingerprint density at radius 2 is 2.36 bits per heavy atom. The summed E-state index contributed by atoms with van der Waals surface area (Å²) in [7, 11) is 1.27. The van der Waals surface area contributed by atoms with Gasteiger partial charge in [0, 0.05) is 18.0 Å². The number of carbonyl (C=O) groups is 1. The summed E-state index contributed by atoms with van der Waals surface area (Å²) in [5, 5.41) is 0. The molecular weight excluding hydrogens is 185 g/mol. The maximum atomic E-state index is 12.3. The Labute approximate surface area is 81.2 Å². The topological polar surface area (TPSA) is 39.2 Å². The number of allylic oxidation sites excluding steroid dienone is 1. The number of alkyl halides is 1. The average molecular weight is 195 g/mol. The fourth-order valence-corrected chi connectivity index (χ4v) is 1.04. The molecule has 0 spiro atoms. The van der Waals surface area contributed by atoms with Gasteiger partial charge in [0.2, 0.25) is 0 Å². The van der Waals surface area contributed by atoms with Crippen LogP contribution >= 0.6 is 0 Å². The molecule has 0 unspecified atom stereocenters. The van der Waals surface area contributed by atoms with Gasteiger partial charge in [0.25, 0.3) is 0 Å².